The molecule has 1 saturated heterocycles. The maximum absolute atomic E-state index is 6.02. The molecule has 1 heterocycles. The van der Waals surface area contributed by atoms with Gasteiger partial charge in [-0.05, 0) is 31.0 Å². The van der Waals surface area contributed by atoms with Crippen molar-refractivity contribution in [2.24, 2.45) is 0 Å². The lowest BCUT2D eigenvalue weighted by Crippen LogP contribution is -2.26. The van der Waals surface area contributed by atoms with Gasteiger partial charge in [-0.1, -0.05) is 6.07 Å². The van der Waals surface area contributed by atoms with E-state index in [1.807, 2.05) is 6.07 Å². The average Bonchev–Trinajstić information content (AvgIpc) is 2.46. The third-order valence-corrected chi connectivity index (χ3v) is 2.75. The van der Waals surface area contributed by atoms with E-state index in [9.17, 15) is 0 Å². The average molecular weight is 206 g/mol. The molecular formula is C12H18N2O. The molecule has 0 aliphatic carbocycles. The van der Waals surface area contributed by atoms with Gasteiger partial charge in [-0.3, -0.25) is 0 Å². The van der Waals surface area contributed by atoms with Crippen molar-refractivity contribution in [3.05, 3.63) is 23.8 Å². The zero-order chi connectivity index (χ0) is 10.7. The van der Waals surface area contributed by atoms with Crippen LogP contribution >= 0.6 is 0 Å². The summed E-state index contributed by atoms with van der Waals surface area (Å²) in [6.07, 6.45) is 1.08. The molecule has 1 fully saturated rings. The third-order valence-electron chi connectivity index (χ3n) is 2.75. The van der Waals surface area contributed by atoms with Gasteiger partial charge in [0.05, 0.1) is 18.0 Å². The fourth-order valence-electron chi connectivity index (χ4n) is 1.95. The minimum absolute atomic E-state index is 0.799. The molecule has 0 spiro atoms. The molecule has 2 rings (SSSR count). The molecule has 1 aliphatic heterocycles. The van der Waals surface area contributed by atoms with Gasteiger partial charge in [0, 0.05) is 19.7 Å². The predicted molar refractivity (Wildman–Crippen MR) is 63.2 cm³/mol. The Morgan fingerprint density at radius 3 is 2.93 bits per heavy atom. The van der Waals surface area contributed by atoms with Gasteiger partial charge < -0.3 is 15.4 Å². The molecule has 0 unspecified atom stereocenters. The van der Waals surface area contributed by atoms with E-state index in [4.69, 9.17) is 10.5 Å². The third kappa shape index (κ3) is 2.42. The van der Waals surface area contributed by atoms with Crippen LogP contribution in [0.4, 0.5) is 11.4 Å². The molecule has 0 saturated carbocycles. The van der Waals surface area contributed by atoms with Gasteiger partial charge in [0.1, 0.15) is 0 Å². The Bertz CT molecular complexity index is 330. The topological polar surface area (TPSA) is 38.5 Å². The highest BCUT2D eigenvalue weighted by Crippen LogP contribution is 2.24. The zero-order valence-electron chi connectivity index (χ0n) is 9.20. The molecular weight excluding hydrogens is 188 g/mol. The second kappa shape index (κ2) is 4.53. The van der Waals surface area contributed by atoms with Crippen LogP contribution in [0.2, 0.25) is 0 Å². The Morgan fingerprint density at radius 1 is 1.27 bits per heavy atom. The minimum atomic E-state index is 0.799. The first-order chi connectivity index (χ1) is 7.27. The number of aryl methyl sites for hydroxylation is 1. The Balaban J connectivity index is 2.19. The van der Waals surface area contributed by atoms with E-state index in [0.717, 1.165) is 44.1 Å². The highest BCUT2D eigenvalue weighted by molar-refractivity contribution is 5.68. The molecule has 82 valence electrons. The van der Waals surface area contributed by atoms with Crippen molar-refractivity contribution < 1.29 is 4.74 Å². The van der Waals surface area contributed by atoms with Crippen molar-refractivity contribution in [3.63, 3.8) is 0 Å². The fraction of sp³-hybridized carbons (Fsp3) is 0.500. The molecule has 0 amide bonds. The Kier molecular flexibility index (Phi) is 3.11. The molecule has 2 N–H and O–H groups in total. The number of nitrogens with two attached hydrogens (primary N) is 1. The van der Waals surface area contributed by atoms with Crippen LogP contribution in [0, 0.1) is 6.92 Å². The summed E-state index contributed by atoms with van der Waals surface area (Å²) in [5.74, 6) is 0. The van der Waals surface area contributed by atoms with Crippen molar-refractivity contribution in [1.29, 1.82) is 0 Å². The van der Waals surface area contributed by atoms with Crippen molar-refractivity contribution in [1.82, 2.24) is 0 Å². The molecule has 0 radical (unpaired) electrons. The summed E-state index contributed by atoms with van der Waals surface area (Å²) < 4.78 is 5.43. The summed E-state index contributed by atoms with van der Waals surface area (Å²) in [5.41, 5.74) is 9.25. The van der Waals surface area contributed by atoms with Crippen LogP contribution in [0.3, 0.4) is 0 Å². The van der Waals surface area contributed by atoms with Crippen LogP contribution in [0.15, 0.2) is 18.2 Å². The maximum Gasteiger partial charge on any atom is 0.0641 e. The lowest BCUT2D eigenvalue weighted by molar-refractivity contribution is 0.152. The molecule has 1 aromatic carbocycles. The van der Waals surface area contributed by atoms with Crippen LogP contribution < -0.4 is 10.6 Å². The van der Waals surface area contributed by atoms with Gasteiger partial charge in [0.15, 0.2) is 0 Å². The van der Waals surface area contributed by atoms with E-state index in [1.54, 1.807) is 0 Å². The number of benzene rings is 1. The molecule has 0 atom stereocenters. The van der Waals surface area contributed by atoms with Crippen molar-refractivity contribution in [3.8, 4) is 0 Å². The van der Waals surface area contributed by atoms with Gasteiger partial charge >= 0.3 is 0 Å². The molecule has 3 nitrogen and oxygen atoms in total. The zero-order valence-corrected chi connectivity index (χ0v) is 9.20. The summed E-state index contributed by atoms with van der Waals surface area (Å²) in [7, 11) is 0. The first kappa shape index (κ1) is 10.3. The predicted octanol–water partition coefficient (Wildman–Crippen LogP) is 1.80. The van der Waals surface area contributed by atoms with Crippen LogP contribution in [0.5, 0.6) is 0 Å². The van der Waals surface area contributed by atoms with Crippen LogP contribution in [0.1, 0.15) is 12.0 Å². The summed E-state index contributed by atoms with van der Waals surface area (Å²) in [4.78, 5) is 2.31. The van der Waals surface area contributed by atoms with Gasteiger partial charge in [-0.15, -0.1) is 0 Å². The van der Waals surface area contributed by atoms with Gasteiger partial charge in [0.2, 0.25) is 0 Å². The second-order valence-corrected chi connectivity index (χ2v) is 4.02. The molecule has 0 aromatic heterocycles. The van der Waals surface area contributed by atoms with Crippen LogP contribution in [-0.4, -0.2) is 26.3 Å². The lowest BCUT2D eigenvalue weighted by atomic mass is 10.1. The number of ether oxygens (including phenoxy) is 1. The standard InChI is InChI=1S/C12H18N2O/c1-10-3-4-12(11(13)9-10)14-5-2-7-15-8-6-14/h3-4,9H,2,5-8,13H2,1H3. The molecule has 3 heteroatoms. The lowest BCUT2D eigenvalue weighted by Gasteiger charge is -2.23. The number of nitrogen functional groups attached to an aromatic ring is 1. The van der Waals surface area contributed by atoms with Crippen molar-refractivity contribution in [2.45, 2.75) is 13.3 Å². The fourth-order valence-corrected chi connectivity index (χ4v) is 1.95. The number of anilines is 2. The van der Waals surface area contributed by atoms with E-state index in [2.05, 4.69) is 24.0 Å². The SMILES string of the molecule is Cc1ccc(N2CCCOCC2)c(N)c1. The first-order valence-corrected chi connectivity index (χ1v) is 5.46. The number of nitrogens with zero attached hydrogens (tertiary/aromatic N) is 1. The largest absolute Gasteiger partial charge is 0.397 e. The summed E-state index contributed by atoms with van der Waals surface area (Å²) in [6, 6.07) is 6.24. The van der Waals surface area contributed by atoms with E-state index >= 15 is 0 Å². The van der Waals surface area contributed by atoms with E-state index in [0.29, 0.717) is 0 Å². The molecule has 1 aromatic rings. The Hall–Kier alpha value is -1.22. The van der Waals surface area contributed by atoms with Gasteiger partial charge in [-0.25, -0.2) is 0 Å². The summed E-state index contributed by atoms with van der Waals surface area (Å²) in [5, 5.41) is 0. The van der Waals surface area contributed by atoms with Crippen molar-refractivity contribution in [2.75, 3.05) is 36.9 Å². The van der Waals surface area contributed by atoms with Crippen LogP contribution in [0.25, 0.3) is 0 Å². The monoisotopic (exact) mass is 206 g/mol. The summed E-state index contributed by atoms with van der Waals surface area (Å²) in [6.45, 7) is 5.70. The van der Waals surface area contributed by atoms with Crippen LogP contribution in [-0.2, 0) is 4.74 Å². The highest BCUT2D eigenvalue weighted by Gasteiger charge is 2.12. The van der Waals surface area contributed by atoms with Gasteiger partial charge in [-0.2, -0.15) is 0 Å². The minimum Gasteiger partial charge on any atom is -0.397 e. The van der Waals surface area contributed by atoms with E-state index in [1.165, 1.54) is 5.56 Å². The first-order valence-electron chi connectivity index (χ1n) is 5.46. The van der Waals surface area contributed by atoms with Gasteiger partial charge in [0.25, 0.3) is 0 Å². The molecule has 0 bridgehead atoms. The maximum atomic E-state index is 6.02. The number of hydrogen-bond donors (Lipinski definition) is 1. The van der Waals surface area contributed by atoms with Crippen molar-refractivity contribution >= 4 is 11.4 Å². The summed E-state index contributed by atoms with van der Waals surface area (Å²) >= 11 is 0. The highest BCUT2D eigenvalue weighted by atomic mass is 16.5. The Morgan fingerprint density at radius 2 is 2.13 bits per heavy atom. The smallest absolute Gasteiger partial charge is 0.0641 e. The Labute approximate surface area is 90.8 Å². The number of rotatable bonds is 1. The van der Waals surface area contributed by atoms with E-state index in [-0.39, 0.29) is 0 Å². The molecule has 1 aliphatic rings. The normalized spacial score (nSPS) is 17.5. The second-order valence-electron chi connectivity index (χ2n) is 4.02. The quantitative estimate of drug-likeness (QED) is 0.712. The van der Waals surface area contributed by atoms with E-state index < -0.39 is 0 Å². The molecule has 15 heavy (non-hydrogen) atoms. The number of hydrogen-bond acceptors (Lipinski definition) is 3.